The molecule has 0 rings (SSSR count). The Balaban J connectivity index is 3.49. The van der Waals surface area contributed by atoms with E-state index >= 15 is 0 Å². The summed E-state index contributed by atoms with van der Waals surface area (Å²) in [6, 6.07) is 0. The van der Waals surface area contributed by atoms with Gasteiger partial charge in [0.1, 0.15) is 0 Å². The maximum Gasteiger partial charge on any atom is 0.331 e. The normalized spacial score (nSPS) is 11.2. The maximum absolute atomic E-state index is 11.5. The molecule has 0 heterocycles. The van der Waals surface area contributed by atoms with E-state index in [1.165, 1.54) is 25.7 Å². The first kappa shape index (κ1) is 23.6. The summed E-state index contributed by atoms with van der Waals surface area (Å²) < 4.78 is 10.1. The molecule has 0 bridgehead atoms. The van der Waals surface area contributed by atoms with Gasteiger partial charge in [0, 0.05) is 12.2 Å². The topological polar surface area (TPSA) is 55.8 Å². The zero-order chi connectivity index (χ0) is 18.8. The van der Waals surface area contributed by atoms with Crippen LogP contribution in [0.2, 0.25) is 0 Å². The van der Waals surface area contributed by atoms with Crippen LogP contribution in [0.4, 0.5) is 0 Å². The summed E-state index contributed by atoms with van der Waals surface area (Å²) in [7, 11) is 4.12. The maximum atomic E-state index is 11.5. The van der Waals surface area contributed by atoms with Crippen molar-refractivity contribution in [2.75, 3.05) is 33.9 Å². The standard InChI is InChI=1S/C20H37NO4/c1-4-5-6-7-9-12-17-24-19(22)14-15-20(23)25-18-13-10-8-11-16-21(2)3/h14-15H,4-13,16-18H2,1-3H3/b15-14+. The monoisotopic (exact) mass is 355 g/mol. The Bertz CT molecular complexity index is 367. The molecule has 0 spiro atoms. The van der Waals surface area contributed by atoms with Crippen LogP contribution in [0, 0.1) is 0 Å². The molecule has 0 fully saturated rings. The van der Waals surface area contributed by atoms with E-state index in [1.807, 2.05) is 0 Å². The summed E-state index contributed by atoms with van der Waals surface area (Å²) >= 11 is 0. The Morgan fingerprint density at radius 3 is 1.64 bits per heavy atom. The third kappa shape index (κ3) is 18.8. The molecule has 0 aliphatic carbocycles. The first-order valence-corrected chi connectivity index (χ1v) is 9.72. The van der Waals surface area contributed by atoms with Gasteiger partial charge in [-0.1, -0.05) is 51.9 Å². The molecule has 5 nitrogen and oxygen atoms in total. The van der Waals surface area contributed by atoms with Crippen LogP contribution in [0.15, 0.2) is 12.2 Å². The van der Waals surface area contributed by atoms with Crippen LogP contribution < -0.4 is 0 Å². The molecule has 0 aromatic heterocycles. The van der Waals surface area contributed by atoms with Crippen molar-refractivity contribution in [1.29, 1.82) is 0 Å². The molecule has 5 heteroatoms. The average Bonchev–Trinajstić information content (AvgIpc) is 2.58. The molecule has 0 aliphatic heterocycles. The Morgan fingerprint density at radius 1 is 0.720 bits per heavy atom. The minimum Gasteiger partial charge on any atom is -0.463 e. The number of nitrogens with zero attached hydrogens (tertiary/aromatic N) is 1. The highest BCUT2D eigenvalue weighted by atomic mass is 16.5. The van der Waals surface area contributed by atoms with Crippen LogP contribution in [-0.4, -0.2) is 50.7 Å². The van der Waals surface area contributed by atoms with E-state index < -0.39 is 11.9 Å². The fourth-order valence-corrected chi connectivity index (χ4v) is 2.34. The van der Waals surface area contributed by atoms with Crippen LogP contribution in [0.1, 0.15) is 71.1 Å². The van der Waals surface area contributed by atoms with Crippen LogP contribution >= 0.6 is 0 Å². The largest absolute Gasteiger partial charge is 0.463 e. The lowest BCUT2D eigenvalue weighted by Gasteiger charge is -2.08. The summed E-state index contributed by atoms with van der Waals surface area (Å²) in [5.74, 6) is -0.959. The number of carbonyl (C=O) groups is 2. The van der Waals surface area contributed by atoms with Crippen molar-refractivity contribution in [3.05, 3.63) is 12.2 Å². The van der Waals surface area contributed by atoms with Gasteiger partial charge in [-0.15, -0.1) is 0 Å². The van der Waals surface area contributed by atoms with Gasteiger partial charge in [0.2, 0.25) is 0 Å². The van der Waals surface area contributed by atoms with Crippen LogP contribution in [-0.2, 0) is 19.1 Å². The van der Waals surface area contributed by atoms with Crippen LogP contribution in [0.3, 0.4) is 0 Å². The molecule has 0 N–H and O–H groups in total. The molecule has 0 amide bonds. The van der Waals surface area contributed by atoms with E-state index in [0.29, 0.717) is 13.2 Å². The molecular formula is C20H37NO4. The molecule has 0 aliphatic rings. The number of esters is 2. The zero-order valence-electron chi connectivity index (χ0n) is 16.4. The summed E-state index contributed by atoms with van der Waals surface area (Å²) in [4.78, 5) is 25.1. The van der Waals surface area contributed by atoms with Gasteiger partial charge in [0.15, 0.2) is 0 Å². The lowest BCUT2D eigenvalue weighted by Crippen LogP contribution is -2.12. The Hall–Kier alpha value is -1.36. The molecule has 0 atom stereocenters. The number of rotatable bonds is 16. The lowest BCUT2D eigenvalue weighted by atomic mass is 10.1. The molecule has 146 valence electrons. The molecular weight excluding hydrogens is 318 g/mol. The predicted octanol–water partition coefficient (Wildman–Crippen LogP) is 4.11. The van der Waals surface area contributed by atoms with Crippen molar-refractivity contribution in [1.82, 2.24) is 4.90 Å². The van der Waals surface area contributed by atoms with Crippen LogP contribution in [0.25, 0.3) is 0 Å². The van der Waals surface area contributed by atoms with E-state index in [0.717, 1.165) is 57.2 Å². The Morgan fingerprint density at radius 2 is 1.16 bits per heavy atom. The molecule has 0 aromatic carbocycles. The van der Waals surface area contributed by atoms with Gasteiger partial charge >= 0.3 is 11.9 Å². The van der Waals surface area contributed by atoms with Gasteiger partial charge in [0.05, 0.1) is 13.2 Å². The second kappa shape index (κ2) is 17.5. The summed E-state index contributed by atoms with van der Waals surface area (Å²) in [6.45, 7) is 4.09. The summed E-state index contributed by atoms with van der Waals surface area (Å²) in [5, 5.41) is 0. The van der Waals surface area contributed by atoms with E-state index in [1.54, 1.807) is 0 Å². The highest BCUT2D eigenvalue weighted by Crippen LogP contribution is 2.05. The van der Waals surface area contributed by atoms with Gasteiger partial charge in [-0.3, -0.25) is 0 Å². The van der Waals surface area contributed by atoms with Crippen molar-refractivity contribution in [2.45, 2.75) is 71.1 Å². The van der Waals surface area contributed by atoms with Crippen molar-refractivity contribution >= 4 is 11.9 Å². The van der Waals surface area contributed by atoms with E-state index in [2.05, 4.69) is 25.9 Å². The van der Waals surface area contributed by atoms with Crippen molar-refractivity contribution < 1.29 is 19.1 Å². The fraction of sp³-hybridized carbons (Fsp3) is 0.800. The predicted molar refractivity (Wildman–Crippen MR) is 101 cm³/mol. The number of hydrogen-bond acceptors (Lipinski definition) is 5. The van der Waals surface area contributed by atoms with Gasteiger partial charge < -0.3 is 14.4 Å². The lowest BCUT2D eigenvalue weighted by molar-refractivity contribution is -0.140. The first-order chi connectivity index (χ1) is 12.1. The van der Waals surface area contributed by atoms with Crippen LogP contribution in [0.5, 0.6) is 0 Å². The van der Waals surface area contributed by atoms with Gasteiger partial charge in [0.25, 0.3) is 0 Å². The zero-order valence-corrected chi connectivity index (χ0v) is 16.4. The average molecular weight is 356 g/mol. The minimum absolute atomic E-state index is 0.401. The van der Waals surface area contributed by atoms with Gasteiger partial charge in [-0.05, 0) is 39.9 Å². The summed E-state index contributed by atoms with van der Waals surface area (Å²) in [5.41, 5.74) is 0. The third-order valence-corrected chi connectivity index (χ3v) is 3.84. The second-order valence-electron chi connectivity index (χ2n) is 6.65. The van der Waals surface area contributed by atoms with Gasteiger partial charge in [-0.2, -0.15) is 0 Å². The van der Waals surface area contributed by atoms with E-state index in [4.69, 9.17) is 9.47 Å². The Kier molecular flexibility index (Phi) is 16.5. The highest BCUT2D eigenvalue weighted by Gasteiger charge is 2.01. The second-order valence-corrected chi connectivity index (χ2v) is 6.65. The molecule has 0 unspecified atom stereocenters. The quantitative estimate of drug-likeness (QED) is 0.237. The third-order valence-electron chi connectivity index (χ3n) is 3.84. The van der Waals surface area contributed by atoms with Crippen molar-refractivity contribution in [3.63, 3.8) is 0 Å². The summed E-state index contributed by atoms with van der Waals surface area (Å²) in [6.07, 6.45) is 13.4. The van der Waals surface area contributed by atoms with Gasteiger partial charge in [-0.25, -0.2) is 9.59 Å². The van der Waals surface area contributed by atoms with Crippen molar-refractivity contribution in [2.24, 2.45) is 0 Å². The SMILES string of the molecule is CCCCCCCCOC(=O)/C=C/C(=O)OCCCCCCN(C)C. The molecule has 0 radical (unpaired) electrons. The first-order valence-electron chi connectivity index (χ1n) is 9.72. The Labute approximate surface area is 153 Å². The molecule has 0 aromatic rings. The van der Waals surface area contributed by atoms with Crippen molar-refractivity contribution in [3.8, 4) is 0 Å². The van der Waals surface area contributed by atoms with E-state index in [-0.39, 0.29) is 0 Å². The number of hydrogen-bond donors (Lipinski definition) is 0. The number of ether oxygens (including phenoxy) is 2. The fourth-order valence-electron chi connectivity index (χ4n) is 2.34. The molecule has 0 saturated carbocycles. The highest BCUT2D eigenvalue weighted by molar-refractivity contribution is 5.91. The molecule has 25 heavy (non-hydrogen) atoms. The molecule has 0 saturated heterocycles. The number of carbonyl (C=O) groups excluding carboxylic acids is 2. The minimum atomic E-state index is -0.482. The smallest absolute Gasteiger partial charge is 0.331 e. The number of unbranched alkanes of at least 4 members (excludes halogenated alkanes) is 8. The van der Waals surface area contributed by atoms with E-state index in [9.17, 15) is 9.59 Å².